The van der Waals surface area contributed by atoms with E-state index in [1.807, 2.05) is 24.3 Å². The van der Waals surface area contributed by atoms with E-state index in [1.165, 1.54) is 13.2 Å². The summed E-state index contributed by atoms with van der Waals surface area (Å²) in [6, 6.07) is 9.82. The van der Waals surface area contributed by atoms with Gasteiger partial charge >= 0.3 is 6.18 Å². The first-order chi connectivity index (χ1) is 18.7. The Morgan fingerprint density at radius 3 is 2.38 bits per heavy atom. The van der Waals surface area contributed by atoms with Gasteiger partial charge in [-0.2, -0.15) is 18.2 Å². The van der Waals surface area contributed by atoms with E-state index in [2.05, 4.69) is 20.6 Å². The Bertz CT molecular complexity index is 1330. The summed E-state index contributed by atoms with van der Waals surface area (Å²) >= 11 is 0. The maximum absolute atomic E-state index is 15.0. The second kappa shape index (κ2) is 11.1. The number of aromatic nitrogens is 2. The standard InChI is InChI=1S/C28H28F4N4O3/c1-38-24-13-20(25(37)34-18-9-3-2-4-10-18)22(29)14-23(24)35-27-33-15-21(28(30,31)32)26(36-27)39-19-11-16-7-5-6-8-17(16)12-19/h5-8,13-15,18-19H,2-4,9-12H2,1H3,(H,34,37)(H,33,35,36). The number of ether oxygens (including phenoxy) is 2. The highest BCUT2D eigenvalue weighted by Crippen LogP contribution is 2.38. The molecule has 3 aromatic rings. The molecule has 0 spiro atoms. The molecular formula is C28H28F4N4O3. The predicted molar refractivity (Wildman–Crippen MR) is 136 cm³/mol. The summed E-state index contributed by atoms with van der Waals surface area (Å²) in [5.74, 6) is -2.14. The number of hydrogen-bond acceptors (Lipinski definition) is 6. The maximum atomic E-state index is 15.0. The van der Waals surface area contributed by atoms with Crippen LogP contribution in [-0.2, 0) is 19.0 Å². The average Bonchev–Trinajstić information content (AvgIpc) is 3.31. The minimum absolute atomic E-state index is 0.0129. The Morgan fingerprint density at radius 1 is 1.05 bits per heavy atom. The van der Waals surface area contributed by atoms with Crippen LogP contribution in [0, 0.1) is 5.82 Å². The summed E-state index contributed by atoms with van der Waals surface area (Å²) in [6.45, 7) is 0. The van der Waals surface area contributed by atoms with Crippen LogP contribution in [0.1, 0.15) is 59.2 Å². The smallest absolute Gasteiger partial charge is 0.423 e. The molecule has 2 aliphatic rings. The highest BCUT2D eigenvalue weighted by molar-refractivity contribution is 5.96. The van der Waals surface area contributed by atoms with Gasteiger partial charge in [-0.3, -0.25) is 4.79 Å². The minimum atomic E-state index is -4.74. The van der Waals surface area contributed by atoms with Crippen molar-refractivity contribution in [3.05, 3.63) is 70.7 Å². The van der Waals surface area contributed by atoms with Crippen molar-refractivity contribution in [2.45, 2.75) is 63.3 Å². The van der Waals surface area contributed by atoms with Crippen LogP contribution >= 0.6 is 0 Å². The third-order valence-electron chi connectivity index (χ3n) is 7.07. The molecule has 1 amide bonds. The van der Waals surface area contributed by atoms with Gasteiger partial charge in [-0.1, -0.05) is 43.5 Å². The van der Waals surface area contributed by atoms with E-state index < -0.39 is 35.4 Å². The van der Waals surface area contributed by atoms with Crippen LogP contribution in [0.5, 0.6) is 11.6 Å². The van der Waals surface area contributed by atoms with Crippen molar-refractivity contribution >= 4 is 17.5 Å². The third-order valence-corrected chi connectivity index (χ3v) is 7.07. The number of nitrogens with one attached hydrogen (secondary N) is 2. The van der Waals surface area contributed by atoms with Crippen molar-refractivity contribution in [3.8, 4) is 11.6 Å². The Labute approximate surface area is 223 Å². The molecule has 2 aromatic carbocycles. The van der Waals surface area contributed by atoms with Crippen molar-refractivity contribution in [2.24, 2.45) is 0 Å². The van der Waals surface area contributed by atoms with Crippen molar-refractivity contribution in [1.29, 1.82) is 0 Å². The molecule has 0 aliphatic heterocycles. The van der Waals surface area contributed by atoms with E-state index in [1.54, 1.807) is 0 Å². The first kappa shape index (κ1) is 26.7. The lowest BCUT2D eigenvalue weighted by molar-refractivity contribution is -0.139. The molecule has 0 radical (unpaired) electrons. The molecule has 7 nitrogen and oxygen atoms in total. The fraction of sp³-hybridized carbons (Fsp3) is 0.393. The molecular weight excluding hydrogens is 516 g/mol. The topological polar surface area (TPSA) is 85.4 Å². The molecule has 0 bridgehead atoms. The van der Waals surface area contributed by atoms with E-state index in [-0.39, 0.29) is 29.0 Å². The summed E-state index contributed by atoms with van der Waals surface area (Å²) in [6.07, 6.45) is 1.06. The van der Waals surface area contributed by atoms with Gasteiger partial charge < -0.3 is 20.1 Å². The molecule has 39 heavy (non-hydrogen) atoms. The second-order valence-electron chi connectivity index (χ2n) is 9.79. The molecule has 1 aromatic heterocycles. The first-order valence-electron chi connectivity index (χ1n) is 12.8. The number of carbonyl (C=O) groups excluding carboxylic acids is 1. The number of rotatable bonds is 7. The minimum Gasteiger partial charge on any atom is -0.495 e. The SMILES string of the molecule is COc1cc(C(=O)NC2CCCCC2)c(F)cc1Nc1ncc(C(F)(F)F)c(OC2Cc3ccccc3C2)n1. The second-order valence-corrected chi connectivity index (χ2v) is 9.79. The number of carbonyl (C=O) groups is 1. The van der Waals surface area contributed by atoms with Gasteiger partial charge in [0.05, 0.1) is 18.4 Å². The van der Waals surface area contributed by atoms with E-state index in [0.29, 0.717) is 19.0 Å². The van der Waals surface area contributed by atoms with Crippen LogP contribution in [-0.4, -0.2) is 35.1 Å². The molecule has 0 atom stereocenters. The van der Waals surface area contributed by atoms with Gasteiger partial charge in [0.1, 0.15) is 23.2 Å². The number of alkyl halides is 3. The molecule has 0 unspecified atom stereocenters. The lowest BCUT2D eigenvalue weighted by atomic mass is 9.95. The van der Waals surface area contributed by atoms with E-state index >= 15 is 4.39 Å². The van der Waals surface area contributed by atoms with Gasteiger partial charge in [0.15, 0.2) is 0 Å². The number of methoxy groups -OCH3 is 1. The lowest BCUT2D eigenvalue weighted by Gasteiger charge is -2.23. The van der Waals surface area contributed by atoms with Crippen molar-refractivity contribution in [3.63, 3.8) is 0 Å². The molecule has 2 aliphatic carbocycles. The zero-order valence-corrected chi connectivity index (χ0v) is 21.3. The normalized spacial score (nSPS) is 16.0. The van der Waals surface area contributed by atoms with Crippen LogP contribution in [0.3, 0.4) is 0 Å². The molecule has 206 valence electrons. The average molecular weight is 545 g/mol. The summed E-state index contributed by atoms with van der Waals surface area (Å²) < 4.78 is 67.2. The van der Waals surface area contributed by atoms with Crippen LogP contribution in [0.4, 0.5) is 29.2 Å². The van der Waals surface area contributed by atoms with Gasteiger partial charge in [-0.15, -0.1) is 0 Å². The number of halogens is 4. The zero-order chi connectivity index (χ0) is 27.6. The molecule has 1 fully saturated rings. The van der Waals surface area contributed by atoms with Gasteiger partial charge in [0.2, 0.25) is 11.8 Å². The number of fused-ring (bicyclic) bond motifs is 1. The number of amides is 1. The molecule has 11 heteroatoms. The molecule has 0 saturated heterocycles. The Morgan fingerprint density at radius 2 is 1.74 bits per heavy atom. The summed E-state index contributed by atoms with van der Waals surface area (Å²) in [7, 11) is 1.33. The summed E-state index contributed by atoms with van der Waals surface area (Å²) in [5.41, 5.74) is 0.758. The van der Waals surface area contributed by atoms with Crippen molar-refractivity contribution < 1.29 is 31.8 Å². The van der Waals surface area contributed by atoms with Crippen LogP contribution in [0.2, 0.25) is 0 Å². The summed E-state index contributed by atoms with van der Waals surface area (Å²) in [5, 5.41) is 5.57. The Hall–Kier alpha value is -3.89. The molecule has 1 heterocycles. The number of nitrogens with zero attached hydrogens (tertiary/aromatic N) is 2. The Balaban J connectivity index is 1.37. The third kappa shape index (κ3) is 6.07. The highest BCUT2D eigenvalue weighted by atomic mass is 19.4. The maximum Gasteiger partial charge on any atom is 0.423 e. The molecule has 1 saturated carbocycles. The Kier molecular flexibility index (Phi) is 7.58. The molecule has 5 rings (SSSR count). The summed E-state index contributed by atoms with van der Waals surface area (Å²) in [4.78, 5) is 20.5. The van der Waals surface area contributed by atoms with Gasteiger partial charge in [-0.05, 0) is 30.0 Å². The van der Waals surface area contributed by atoms with E-state index in [4.69, 9.17) is 9.47 Å². The van der Waals surface area contributed by atoms with Gasteiger partial charge in [-0.25, -0.2) is 9.37 Å². The van der Waals surface area contributed by atoms with Crippen LogP contribution in [0.15, 0.2) is 42.6 Å². The van der Waals surface area contributed by atoms with Crippen molar-refractivity contribution in [2.75, 3.05) is 12.4 Å². The van der Waals surface area contributed by atoms with Gasteiger partial charge in [0, 0.05) is 31.1 Å². The van der Waals surface area contributed by atoms with Crippen molar-refractivity contribution in [1.82, 2.24) is 15.3 Å². The van der Waals surface area contributed by atoms with Gasteiger partial charge in [0.25, 0.3) is 5.91 Å². The van der Waals surface area contributed by atoms with E-state index in [9.17, 15) is 18.0 Å². The monoisotopic (exact) mass is 544 g/mol. The molecule has 2 N–H and O–H groups in total. The number of hydrogen-bond donors (Lipinski definition) is 2. The lowest BCUT2D eigenvalue weighted by Crippen LogP contribution is -2.36. The quantitative estimate of drug-likeness (QED) is 0.355. The fourth-order valence-corrected chi connectivity index (χ4v) is 5.09. The fourth-order valence-electron chi connectivity index (χ4n) is 5.09. The number of anilines is 2. The number of benzene rings is 2. The highest BCUT2D eigenvalue weighted by Gasteiger charge is 2.37. The largest absolute Gasteiger partial charge is 0.495 e. The zero-order valence-electron chi connectivity index (χ0n) is 21.3. The first-order valence-corrected chi connectivity index (χ1v) is 12.8. The van der Waals surface area contributed by atoms with E-state index in [0.717, 1.165) is 49.3 Å². The van der Waals surface area contributed by atoms with Crippen LogP contribution < -0.4 is 20.1 Å². The van der Waals surface area contributed by atoms with Crippen LogP contribution in [0.25, 0.3) is 0 Å². The predicted octanol–water partition coefficient (Wildman–Crippen LogP) is 6.00.